The van der Waals surface area contributed by atoms with Crippen LogP contribution in [0.25, 0.3) is 21.9 Å². The number of nitrogens with zero attached hydrogens (tertiary/aromatic N) is 1. The van der Waals surface area contributed by atoms with Gasteiger partial charge < -0.3 is 4.42 Å². The standard InChI is InChI=1S/C22H22N2O/c1-22(2,3)15-11-13-16(14-12-15)24(23)19-9-6-8-18-17-7-4-5-10-20(17)25-21(18)19/h4-14H,23H2,1-3H3. The van der Waals surface area contributed by atoms with Crippen LogP contribution in [0.2, 0.25) is 0 Å². The van der Waals surface area contributed by atoms with E-state index in [1.807, 2.05) is 30.3 Å². The summed E-state index contributed by atoms with van der Waals surface area (Å²) >= 11 is 0. The minimum Gasteiger partial charge on any atom is -0.454 e. The van der Waals surface area contributed by atoms with Crippen molar-refractivity contribution in [3.8, 4) is 0 Å². The molecule has 0 unspecified atom stereocenters. The van der Waals surface area contributed by atoms with E-state index in [2.05, 4.69) is 57.2 Å². The predicted octanol–water partition coefficient (Wildman–Crippen LogP) is 5.90. The first-order valence-electron chi connectivity index (χ1n) is 8.51. The number of hydrogen-bond acceptors (Lipinski definition) is 3. The van der Waals surface area contributed by atoms with Crippen molar-refractivity contribution in [1.29, 1.82) is 0 Å². The first-order valence-corrected chi connectivity index (χ1v) is 8.51. The molecular weight excluding hydrogens is 308 g/mol. The second kappa shape index (κ2) is 5.64. The molecule has 0 bridgehead atoms. The number of furan rings is 1. The van der Waals surface area contributed by atoms with Crippen LogP contribution >= 0.6 is 0 Å². The van der Waals surface area contributed by atoms with Crippen molar-refractivity contribution in [3.05, 3.63) is 72.3 Å². The Morgan fingerprint density at radius 3 is 2.20 bits per heavy atom. The first-order chi connectivity index (χ1) is 11.9. The Kier molecular flexibility index (Phi) is 3.55. The van der Waals surface area contributed by atoms with E-state index in [-0.39, 0.29) is 5.41 Å². The van der Waals surface area contributed by atoms with E-state index in [0.717, 1.165) is 33.3 Å². The van der Waals surface area contributed by atoms with E-state index in [1.165, 1.54) is 5.56 Å². The maximum Gasteiger partial charge on any atom is 0.160 e. The quantitative estimate of drug-likeness (QED) is 0.368. The highest BCUT2D eigenvalue weighted by atomic mass is 16.3. The molecule has 4 aromatic rings. The molecule has 126 valence electrons. The maximum absolute atomic E-state index is 6.44. The Bertz CT molecular complexity index is 1040. The molecule has 3 aromatic carbocycles. The second-order valence-corrected chi connectivity index (χ2v) is 7.42. The molecule has 0 atom stereocenters. The van der Waals surface area contributed by atoms with E-state index >= 15 is 0 Å². The fourth-order valence-corrected chi connectivity index (χ4v) is 3.18. The van der Waals surface area contributed by atoms with E-state index in [9.17, 15) is 0 Å². The lowest BCUT2D eigenvalue weighted by molar-refractivity contribution is 0.590. The average molecular weight is 330 g/mol. The lowest BCUT2D eigenvalue weighted by Crippen LogP contribution is -2.25. The van der Waals surface area contributed by atoms with E-state index in [1.54, 1.807) is 5.01 Å². The molecule has 0 aliphatic carbocycles. The molecule has 0 radical (unpaired) electrons. The Balaban J connectivity index is 1.81. The minimum absolute atomic E-state index is 0.122. The third-order valence-electron chi connectivity index (χ3n) is 4.65. The number of anilines is 2. The number of hydrogen-bond donors (Lipinski definition) is 1. The van der Waals surface area contributed by atoms with Crippen molar-refractivity contribution in [2.24, 2.45) is 5.84 Å². The summed E-state index contributed by atoms with van der Waals surface area (Å²) in [4.78, 5) is 0. The van der Waals surface area contributed by atoms with Gasteiger partial charge in [-0.05, 0) is 35.2 Å². The minimum atomic E-state index is 0.122. The van der Waals surface area contributed by atoms with Gasteiger partial charge in [-0.15, -0.1) is 0 Å². The van der Waals surface area contributed by atoms with Gasteiger partial charge in [0.2, 0.25) is 0 Å². The Morgan fingerprint density at radius 2 is 1.48 bits per heavy atom. The van der Waals surface area contributed by atoms with Gasteiger partial charge in [0.15, 0.2) is 5.58 Å². The number of rotatable bonds is 2. The summed E-state index contributed by atoms with van der Waals surface area (Å²) in [6.07, 6.45) is 0. The smallest absolute Gasteiger partial charge is 0.160 e. The van der Waals surface area contributed by atoms with Gasteiger partial charge >= 0.3 is 0 Å². The molecule has 1 aromatic heterocycles. The molecule has 1 heterocycles. The van der Waals surface area contributed by atoms with Crippen molar-refractivity contribution < 1.29 is 4.42 Å². The van der Waals surface area contributed by atoms with Gasteiger partial charge in [-0.25, -0.2) is 5.84 Å². The SMILES string of the molecule is CC(C)(C)c1ccc(N(N)c2cccc3c2oc2ccccc23)cc1. The number of benzene rings is 3. The van der Waals surface area contributed by atoms with Crippen LogP contribution in [0.5, 0.6) is 0 Å². The van der Waals surface area contributed by atoms with Crippen molar-refractivity contribution in [2.45, 2.75) is 26.2 Å². The molecule has 0 saturated carbocycles. The summed E-state index contributed by atoms with van der Waals surface area (Å²) in [5, 5.41) is 3.88. The van der Waals surface area contributed by atoms with Gasteiger partial charge in [-0.1, -0.05) is 63.2 Å². The van der Waals surface area contributed by atoms with Gasteiger partial charge in [0, 0.05) is 10.8 Å². The van der Waals surface area contributed by atoms with Crippen LogP contribution in [0.3, 0.4) is 0 Å². The third-order valence-corrected chi connectivity index (χ3v) is 4.65. The summed E-state index contributed by atoms with van der Waals surface area (Å²) < 4.78 is 6.08. The maximum atomic E-state index is 6.44. The molecule has 0 saturated heterocycles. The summed E-state index contributed by atoms with van der Waals surface area (Å²) in [7, 11) is 0. The molecule has 2 N–H and O–H groups in total. The molecular formula is C22H22N2O. The summed E-state index contributed by atoms with van der Waals surface area (Å²) in [6.45, 7) is 6.62. The van der Waals surface area contributed by atoms with Crippen LogP contribution in [0.1, 0.15) is 26.3 Å². The first kappa shape index (κ1) is 15.7. The predicted molar refractivity (Wildman–Crippen MR) is 105 cm³/mol. The van der Waals surface area contributed by atoms with Crippen LogP contribution in [-0.2, 0) is 5.41 Å². The zero-order valence-corrected chi connectivity index (χ0v) is 14.8. The van der Waals surface area contributed by atoms with Gasteiger partial charge in [0.1, 0.15) is 11.3 Å². The fraction of sp³-hybridized carbons (Fsp3) is 0.182. The van der Waals surface area contributed by atoms with Crippen LogP contribution in [0.15, 0.2) is 71.1 Å². The zero-order chi connectivity index (χ0) is 17.6. The molecule has 0 aliphatic heterocycles. The highest BCUT2D eigenvalue weighted by molar-refractivity contribution is 6.09. The fourth-order valence-electron chi connectivity index (χ4n) is 3.18. The molecule has 0 spiro atoms. The number of para-hydroxylation sites is 2. The van der Waals surface area contributed by atoms with Gasteiger partial charge in [0.05, 0.1) is 5.69 Å². The number of fused-ring (bicyclic) bond motifs is 3. The topological polar surface area (TPSA) is 42.4 Å². The van der Waals surface area contributed by atoms with Gasteiger partial charge in [-0.2, -0.15) is 0 Å². The third kappa shape index (κ3) is 2.67. The Labute approximate surface area is 147 Å². The van der Waals surface area contributed by atoms with Crippen molar-refractivity contribution >= 4 is 33.3 Å². The largest absolute Gasteiger partial charge is 0.454 e. The van der Waals surface area contributed by atoms with E-state index < -0.39 is 0 Å². The van der Waals surface area contributed by atoms with Crippen LogP contribution in [0, 0.1) is 0 Å². The zero-order valence-electron chi connectivity index (χ0n) is 14.8. The lowest BCUT2D eigenvalue weighted by atomic mass is 9.87. The summed E-state index contributed by atoms with van der Waals surface area (Å²) in [6, 6.07) is 22.5. The highest BCUT2D eigenvalue weighted by Gasteiger charge is 2.16. The Hall–Kier alpha value is -2.78. The lowest BCUT2D eigenvalue weighted by Gasteiger charge is -2.22. The molecule has 3 heteroatoms. The van der Waals surface area contributed by atoms with Crippen LogP contribution in [-0.4, -0.2) is 0 Å². The summed E-state index contributed by atoms with van der Waals surface area (Å²) in [5.74, 6) is 6.44. The molecule has 0 amide bonds. The molecule has 0 aliphatic rings. The Morgan fingerprint density at radius 1 is 0.800 bits per heavy atom. The summed E-state index contributed by atoms with van der Waals surface area (Å²) in [5.41, 5.74) is 4.88. The van der Waals surface area contributed by atoms with Crippen molar-refractivity contribution in [2.75, 3.05) is 5.01 Å². The molecule has 25 heavy (non-hydrogen) atoms. The van der Waals surface area contributed by atoms with E-state index in [0.29, 0.717) is 0 Å². The van der Waals surface area contributed by atoms with Crippen molar-refractivity contribution in [3.63, 3.8) is 0 Å². The van der Waals surface area contributed by atoms with Gasteiger partial charge in [-0.3, -0.25) is 5.01 Å². The number of hydrazine groups is 1. The molecule has 4 rings (SSSR count). The normalized spacial score (nSPS) is 12.0. The van der Waals surface area contributed by atoms with Crippen LogP contribution in [0.4, 0.5) is 11.4 Å². The van der Waals surface area contributed by atoms with E-state index in [4.69, 9.17) is 10.3 Å². The van der Waals surface area contributed by atoms with Crippen LogP contribution < -0.4 is 10.9 Å². The molecule has 0 fully saturated rings. The number of nitrogens with two attached hydrogens (primary N) is 1. The average Bonchev–Trinajstić information content (AvgIpc) is 2.99. The monoisotopic (exact) mass is 330 g/mol. The van der Waals surface area contributed by atoms with Crippen molar-refractivity contribution in [1.82, 2.24) is 0 Å². The second-order valence-electron chi connectivity index (χ2n) is 7.42. The van der Waals surface area contributed by atoms with Gasteiger partial charge in [0.25, 0.3) is 0 Å². The highest BCUT2D eigenvalue weighted by Crippen LogP contribution is 2.36. The molecule has 3 nitrogen and oxygen atoms in total.